The van der Waals surface area contributed by atoms with Crippen LogP contribution in [0.4, 0.5) is 11.4 Å². The fraction of sp³-hybridized carbons (Fsp3) is 0.743. The first kappa shape index (κ1) is 36.0. The van der Waals surface area contributed by atoms with Gasteiger partial charge in [0, 0.05) is 58.1 Å². The lowest BCUT2D eigenvalue weighted by molar-refractivity contribution is -0.132. The molecule has 0 spiro atoms. The summed E-state index contributed by atoms with van der Waals surface area (Å²) < 4.78 is 16.6. The highest BCUT2D eigenvalue weighted by atomic mass is 16.5. The van der Waals surface area contributed by atoms with E-state index in [9.17, 15) is 14.4 Å². The molecule has 4 rings (SSSR count). The molecule has 3 atom stereocenters. The Kier molecular flexibility index (Phi) is 12.4. The minimum absolute atomic E-state index is 0.0320. The van der Waals surface area contributed by atoms with E-state index in [4.69, 9.17) is 14.2 Å². The smallest absolute Gasteiger partial charge is 0.270 e. The van der Waals surface area contributed by atoms with Crippen LogP contribution in [0.2, 0.25) is 0 Å². The number of hydrogen-bond donors (Lipinski definition) is 1. The fourth-order valence-electron chi connectivity index (χ4n) is 5.97. The third-order valence-electron chi connectivity index (χ3n) is 9.33. The average Bonchev–Trinajstić information content (AvgIpc) is 3.80. The van der Waals surface area contributed by atoms with Crippen molar-refractivity contribution in [2.75, 3.05) is 50.3 Å². The largest absolute Gasteiger partial charge is 0.476 e. The second kappa shape index (κ2) is 15.2. The topological polar surface area (TPSA) is 97.4 Å². The van der Waals surface area contributed by atoms with Crippen LogP contribution in [0.15, 0.2) is 18.2 Å². The van der Waals surface area contributed by atoms with Crippen LogP contribution in [0, 0.1) is 23.7 Å². The van der Waals surface area contributed by atoms with Gasteiger partial charge in [-0.25, -0.2) is 0 Å². The summed E-state index contributed by atoms with van der Waals surface area (Å²) in [5, 5.41) is 3.26. The van der Waals surface area contributed by atoms with Crippen LogP contribution < -0.4 is 19.9 Å². The van der Waals surface area contributed by atoms with Gasteiger partial charge < -0.3 is 29.3 Å². The number of piperidine rings is 1. The Morgan fingerprint density at radius 2 is 1.80 bits per heavy atom. The molecule has 3 aliphatic rings. The molecule has 44 heavy (non-hydrogen) atoms. The van der Waals surface area contributed by atoms with E-state index in [1.54, 1.807) is 39.9 Å². The number of anilines is 2. The first-order valence-electron chi connectivity index (χ1n) is 16.4. The first-order chi connectivity index (χ1) is 20.6. The summed E-state index contributed by atoms with van der Waals surface area (Å²) in [6, 6.07) is 5.84. The number of carbonyl (C=O) groups excluding carboxylic acids is 3. The van der Waals surface area contributed by atoms with Crippen molar-refractivity contribution in [2.24, 2.45) is 23.7 Å². The van der Waals surface area contributed by atoms with Gasteiger partial charge >= 0.3 is 0 Å². The van der Waals surface area contributed by atoms with Gasteiger partial charge in [0.25, 0.3) is 5.91 Å². The maximum Gasteiger partial charge on any atom is 0.270 e. The Hall–Kier alpha value is -2.49. The predicted molar refractivity (Wildman–Crippen MR) is 175 cm³/mol. The Bertz CT molecular complexity index is 1150. The molecular weight excluding hydrogens is 558 g/mol. The van der Waals surface area contributed by atoms with Crippen LogP contribution >= 0.6 is 0 Å². The van der Waals surface area contributed by atoms with E-state index in [0.717, 1.165) is 24.4 Å². The number of nitrogens with one attached hydrogen (secondary N) is 1. The highest BCUT2D eigenvalue weighted by molar-refractivity contribution is 6.04. The minimum Gasteiger partial charge on any atom is -0.476 e. The van der Waals surface area contributed by atoms with Gasteiger partial charge in [-0.2, -0.15) is 0 Å². The molecule has 2 amide bonds. The quantitative estimate of drug-likeness (QED) is 0.305. The lowest BCUT2D eigenvalue weighted by Crippen LogP contribution is -2.53. The van der Waals surface area contributed by atoms with Crippen molar-refractivity contribution >= 4 is 29.0 Å². The maximum atomic E-state index is 13.6. The SMILES string of the molecule is COC(C)(C)C(C)CC(C)C.COCCCN1C(=O)C(C)(C)Oc2ccc(N(C(=O)C3CNCC(C(C)=O)C3)C3CC3)cc21. The molecule has 1 saturated heterocycles. The number of hydrogen-bond acceptors (Lipinski definition) is 7. The predicted octanol–water partition coefficient (Wildman–Crippen LogP) is 5.63. The molecule has 0 aromatic heterocycles. The van der Waals surface area contributed by atoms with E-state index in [-0.39, 0.29) is 41.1 Å². The molecule has 1 aliphatic carbocycles. The van der Waals surface area contributed by atoms with Crippen LogP contribution in [0.1, 0.15) is 87.5 Å². The fourth-order valence-corrected chi connectivity index (χ4v) is 5.97. The zero-order valence-corrected chi connectivity index (χ0v) is 28.8. The van der Waals surface area contributed by atoms with Gasteiger partial charge in [0.2, 0.25) is 5.91 Å². The Balaban J connectivity index is 0.000000411. The molecular formula is C35H57N3O6. The Morgan fingerprint density at radius 1 is 1.14 bits per heavy atom. The Labute approximate surface area is 265 Å². The van der Waals surface area contributed by atoms with E-state index in [1.807, 2.05) is 23.1 Å². The second-order valence-corrected chi connectivity index (χ2v) is 14.2. The Morgan fingerprint density at radius 3 is 2.36 bits per heavy atom. The van der Waals surface area contributed by atoms with Crippen LogP contribution in [0.25, 0.3) is 0 Å². The van der Waals surface area contributed by atoms with E-state index < -0.39 is 5.60 Å². The molecule has 9 heteroatoms. The van der Waals surface area contributed by atoms with Crippen molar-refractivity contribution in [2.45, 2.75) is 105 Å². The molecule has 3 unspecified atom stereocenters. The van der Waals surface area contributed by atoms with Crippen molar-refractivity contribution in [3.8, 4) is 5.75 Å². The molecule has 1 aromatic rings. The number of nitrogens with zero attached hydrogens (tertiary/aromatic N) is 2. The van der Waals surface area contributed by atoms with Crippen LogP contribution in [0.5, 0.6) is 5.75 Å². The van der Waals surface area contributed by atoms with Gasteiger partial charge in [-0.1, -0.05) is 20.8 Å². The zero-order chi connectivity index (χ0) is 32.8. The first-order valence-corrected chi connectivity index (χ1v) is 16.4. The summed E-state index contributed by atoms with van der Waals surface area (Å²) >= 11 is 0. The molecule has 9 nitrogen and oxygen atoms in total. The summed E-state index contributed by atoms with van der Waals surface area (Å²) in [6.07, 6.45) is 4.43. The molecule has 1 aromatic carbocycles. The summed E-state index contributed by atoms with van der Waals surface area (Å²) in [7, 11) is 3.43. The molecule has 1 saturated carbocycles. The van der Waals surface area contributed by atoms with Gasteiger partial charge in [0.15, 0.2) is 5.60 Å². The summed E-state index contributed by atoms with van der Waals surface area (Å²) in [4.78, 5) is 42.3. The van der Waals surface area contributed by atoms with E-state index in [0.29, 0.717) is 56.4 Å². The number of rotatable bonds is 12. The van der Waals surface area contributed by atoms with Crippen LogP contribution in [-0.2, 0) is 23.9 Å². The van der Waals surface area contributed by atoms with Gasteiger partial charge in [-0.15, -0.1) is 0 Å². The highest BCUT2D eigenvalue weighted by Gasteiger charge is 2.43. The lowest BCUT2D eigenvalue weighted by atomic mass is 9.86. The molecule has 2 aliphatic heterocycles. The standard InChI is InChI=1S/C25H35N3O5.C10H22O/c1-16(29)17-12-18(15-26-14-17)23(30)28(19-6-7-19)20-8-9-22-21(13-20)27(10-5-11-32-4)24(31)25(2,3)33-22;1-8(2)7-9(3)10(4,5)11-6/h8-9,13,17-19,26H,5-7,10-12,14-15H2,1-4H3;8-9H,7H2,1-6H3. The van der Waals surface area contributed by atoms with E-state index >= 15 is 0 Å². The third kappa shape index (κ3) is 9.04. The number of amides is 2. The molecule has 2 fully saturated rings. The van der Waals surface area contributed by atoms with Crippen LogP contribution in [0.3, 0.4) is 0 Å². The summed E-state index contributed by atoms with van der Waals surface area (Å²) in [5.74, 6) is 1.74. The lowest BCUT2D eigenvalue weighted by Gasteiger charge is -2.39. The number of fused-ring (bicyclic) bond motifs is 1. The monoisotopic (exact) mass is 615 g/mol. The number of ether oxygens (including phenoxy) is 3. The maximum absolute atomic E-state index is 13.6. The molecule has 0 radical (unpaired) electrons. The molecule has 248 valence electrons. The highest BCUT2D eigenvalue weighted by Crippen LogP contribution is 2.43. The number of carbonyl (C=O) groups is 3. The summed E-state index contributed by atoms with van der Waals surface area (Å²) in [5.41, 5.74) is 0.543. The minimum atomic E-state index is -0.955. The second-order valence-electron chi connectivity index (χ2n) is 14.2. The van der Waals surface area contributed by atoms with Gasteiger partial charge in [0.05, 0.1) is 17.2 Å². The van der Waals surface area contributed by atoms with Crippen molar-refractivity contribution in [3.63, 3.8) is 0 Å². The van der Waals surface area contributed by atoms with Gasteiger partial charge in [-0.3, -0.25) is 14.4 Å². The zero-order valence-electron chi connectivity index (χ0n) is 28.8. The number of methoxy groups -OCH3 is 2. The van der Waals surface area contributed by atoms with Gasteiger partial charge in [-0.05, 0) is 96.8 Å². The van der Waals surface area contributed by atoms with Crippen molar-refractivity contribution in [3.05, 3.63) is 18.2 Å². The van der Waals surface area contributed by atoms with Crippen molar-refractivity contribution < 1.29 is 28.6 Å². The summed E-state index contributed by atoms with van der Waals surface area (Å²) in [6.45, 7) is 18.5. The molecule has 2 heterocycles. The van der Waals surface area contributed by atoms with E-state index in [1.165, 1.54) is 6.42 Å². The molecule has 0 bridgehead atoms. The van der Waals surface area contributed by atoms with Crippen molar-refractivity contribution in [1.82, 2.24) is 5.32 Å². The molecule has 1 N–H and O–H groups in total. The number of ketones is 1. The van der Waals surface area contributed by atoms with Crippen molar-refractivity contribution in [1.29, 1.82) is 0 Å². The normalized spacial score (nSPS) is 22.0. The number of benzene rings is 1. The van der Waals surface area contributed by atoms with E-state index in [2.05, 4.69) is 39.9 Å². The average molecular weight is 616 g/mol. The van der Waals surface area contributed by atoms with Gasteiger partial charge in [0.1, 0.15) is 11.5 Å². The van der Waals surface area contributed by atoms with Crippen LogP contribution in [-0.4, -0.2) is 75.3 Å². The third-order valence-corrected chi connectivity index (χ3v) is 9.33. The number of Topliss-reactive ketones (excluding diaryl/α,β-unsaturated/α-hetero) is 1.